The maximum Gasteiger partial charge on any atom is 0.435 e. The Balaban J connectivity index is 3.04. The number of alkyl halides is 3. The van der Waals surface area contributed by atoms with Gasteiger partial charge in [0, 0.05) is 17.8 Å². The minimum atomic E-state index is -4.57. The summed E-state index contributed by atoms with van der Waals surface area (Å²) >= 11 is 0. The number of aromatic nitrogens is 2. The van der Waals surface area contributed by atoms with Crippen molar-refractivity contribution < 1.29 is 22.7 Å². The molecule has 0 aliphatic heterocycles. The third kappa shape index (κ3) is 3.48. The van der Waals surface area contributed by atoms with E-state index in [0.29, 0.717) is 0 Å². The van der Waals surface area contributed by atoms with Gasteiger partial charge in [-0.2, -0.15) is 18.3 Å². The van der Waals surface area contributed by atoms with E-state index >= 15 is 0 Å². The zero-order valence-electron chi connectivity index (χ0n) is 10.4. The second-order valence-electron chi connectivity index (χ2n) is 4.06. The lowest BCUT2D eigenvalue weighted by molar-refractivity contribution is -0.144. The molecule has 1 aromatic rings. The predicted octanol–water partition coefficient (Wildman–Crippen LogP) is 2.59. The summed E-state index contributed by atoms with van der Waals surface area (Å²) in [6, 6.07) is -0.206. The highest BCUT2D eigenvalue weighted by Gasteiger charge is 2.37. The van der Waals surface area contributed by atoms with Crippen molar-refractivity contribution >= 4 is 5.97 Å². The zero-order valence-corrected chi connectivity index (χ0v) is 10.4. The molecule has 0 saturated carbocycles. The summed E-state index contributed by atoms with van der Waals surface area (Å²) in [4.78, 5) is 11.2. The van der Waals surface area contributed by atoms with Crippen LogP contribution in [-0.2, 0) is 22.1 Å². The van der Waals surface area contributed by atoms with Crippen molar-refractivity contribution in [3.63, 3.8) is 0 Å². The van der Waals surface area contributed by atoms with Crippen LogP contribution >= 0.6 is 0 Å². The molecule has 0 aromatic carbocycles. The molecule has 0 saturated heterocycles. The molecular weight excluding hydrogens is 249 g/mol. The molecule has 0 aliphatic rings. The van der Waals surface area contributed by atoms with Crippen molar-refractivity contribution in [1.29, 1.82) is 0 Å². The van der Waals surface area contributed by atoms with Crippen LogP contribution in [0.5, 0.6) is 0 Å². The van der Waals surface area contributed by atoms with E-state index < -0.39 is 24.3 Å². The monoisotopic (exact) mass is 264 g/mol. The molecule has 1 heterocycles. The molecule has 7 heteroatoms. The summed E-state index contributed by atoms with van der Waals surface area (Å²) in [5.74, 6) is -0.689. The number of halogens is 3. The highest BCUT2D eigenvalue weighted by molar-refractivity contribution is 5.72. The number of carbonyl (C=O) groups excluding carboxylic acids is 1. The van der Waals surface area contributed by atoms with Gasteiger partial charge < -0.3 is 4.74 Å². The van der Waals surface area contributed by atoms with E-state index in [9.17, 15) is 18.0 Å². The van der Waals surface area contributed by atoms with Gasteiger partial charge in [0.2, 0.25) is 0 Å². The van der Waals surface area contributed by atoms with E-state index in [1.54, 1.807) is 20.8 Å². The molecule has 0 amide bonds. The molecule has 1 aromatic heterocycles. The summed E-state index contributed by atoms with van der Waals surface area (Å²) in [5, 5.41) is 3.48. The second kappa shape index (κ2) is 5.41. The fourth-order valence-electron chi connectivity index (χ4n) is 1.43. The van der Waals surface area contributed by atoms with Crippen LogP contribution < -0.4 is 0 Å². The van der Waals surface area contributed by atoms with Crippen LogP contribution in [0.25, 0.3) is 0 Å². The van der Waals surface area contributed by atoms with Crippen molar-refractivity contribution in [2.24, 2.45) is 0 Å². The van der Waals surface area contributed by atoms with Crippen LogP contribution in [0, 0.1) is 0 Å². The van der Waals surface area contributed by atoms with E-state index in [0.717, 1.165) is 0 Å². The first-order valence-electron chi connectivity index (χ1n) is 5.56. The summed E-state index contributed by atoms with van der Waals surface area (Å²) in [5.41, 5.74) is -1.18. The molecule has 0 aliphatic carbocycles. The summed E-state index contributed by atoms with van der Waals surface area (Å²) in [6.45, 7) is 5.15. The fraction of sp³-hybridized carbons (Fsp3) is 0.636. The number of carbonyl (C=O) groups is 1. The number of esters is 1. The highest BCUT2D eigenvalue weighted by Crippen LogP contribution is 2.31. The Morgan fingerprint density at radius 2 is 2.11 bits per heavy atom. The minimum absolute atomic E-state index is 0.137. The van der Waals surface area contributed by atoms with Gasteiger partial charge in [-0.3, -0.25) is 9.48 Å². The average Bonchev–Trinajstić information content (AvgIpc) is 2.61. The van der Waals surface area contributed by atoms with Gasteiger partial charge in [0.15, 0.2) is 5.69 Å². The van der Waals surface area contributed by atoms with Crippen molar-refractivity contribution in [3.05, 3.63) is 17.5 Å². The maximum atomic E-state index is 12.7. The molecule has 0 bridgehead atoms. The normalized spacial score (nSPS) is 11.9. The number of hydrogen-bond donors (Lipinski definition) is 0. The van der Waals surface area contributed by atoms with Crippen molar-refractivity contribution in [2.75, 3.05) is 6.61 Å². The van der Waals surface area contributed by atoms with E-state index in [4.69, 9.17) is 0 Å². The van der Waals surface area contributed by atoms with Gasteiger partial charge >= 0.3 is 12.1 Å². The topological polar surface area (TPSA) is 44.1 Å². The second-order valence-corrected chi connectivity index (χ2v) is 4.06. The Kier molecular flexibility index (Phi) is 4.37. The third-order valence-electron chi connectivity index (χ3n) is 2.25. The molecule has 0 spiro atoms. The molecule has 1 rings (SSSR count). The zero-order chi connectivity index (χ0) is 13.9. The van der Waals surface area contributed by atoms with Gasteiger partial charge in [-0.05, 0) is 20.8 Å². The maximum absolute atomic E-state index is 12.7. The molecule has 0 fully saturated rings. The van der Waals surface area contributed by atoms with E-state index in [1.165, 1.54) is 10.9 Å². The van der Waals surface area contributed by atoms with Gasteiger partial charge in [-0.1, -0.05) is 0 Å². The quantitative estimate of drug-likeness (QED) is 0.785. The summed E-state index contributed by atoms with van der Waals surface area (Å²) < 4.78 is 44.0. The molecule has 0 atom stereocenters. The van der Waals surface area contributed by atoms with Gasteiger partial charge in [-0.25, -0.2) is 0 Å². The Morgan fingerprint density at radius 3 is 2.56 bits per heavy atom. The molecule has 18 heavy (non-hydrogen) atoms. The van der Waals surface area contributed by atoms with Crippen LogP contribution in [0.1, 0.15) is 38.1 Å². The number of rotatable bonds is 4. The number of nitrogens with zero attached hydrogens (tertiary/aromatic N) is 2. The van der Waals surface area contributed by atoms with E-state index in [-0.39, 0.29) is 18.2 Å². The first-order valence-corrected chi connectivity index (χ1v) is 5.56. The summed E-state index contributed by atoms with van der Waals surface area (Å²) in [6.07, 6.45) is -3.75. The van der Waals surface area contributed by atoms with Crippen LogP contribution in [0.2, 0.25) is 0 Å². The number of ether oxygens (including phenoxy) is 1. The van der Waals surface area contributed by atoms with Crippen LogP contribution in [0.4, 0.5) is 13.2 Å². The molecule has 0 unspecified atom stereocenters. The lowest BCUT2D eigenvalue weighted by atomic mass is 10.2. The van der Waals surface area contributed by atoms with Crippen molar-refractivity contribution in [1.82, 2.24) is 9.78 Å². The number of hydrogen-bond acceptors (Lipinski definition) is 3. The average molecular weight is 264 g/mol. The first kappa shape index (κ1) is 14.5. The Morgan fingerprint density at radius 1 is 1.50 bits per heavy atom. The van der Waals surface area contributed by atoms with Gasteiger partial charge in [-0.15, -0.1) is 0 Å². The lowest BCUT2D eigenvalue weighted by Gasteiger charge is -2.06. The van der Waals surface area contributed by atoms with Gasteiger partial charge in [0.1, 0.15) is 0 Å². The van der Waals surface area contributed by atoms with E-state index in [1.807, 2.05) is 0 Å². The first-order chi connectivity index (χ1) is 8.25. The Hall–Kier alpha value is -1.53. The standard InChI is InChI=1S/C11H15F3N2O2/c1-4-18-9(17)5-8-6-16(7(2)3)15-10(8)11(12,13)14/h6-7H,4-5H2,1-3H3. The molecule has 0 N–H and O–H groups in total. The van der Waals surface area contributed by atoms with Gasteiger partial charge in [0.05, 0.1) is 13.0 Å². The summed E-state index contributed by atoms with van der Waals surface area (Å²) in [7, 11) is 0. The van der Waals surface area contributed by atoms with Crippen molar-refractivity contribution in [2.45, 2.75) is 39.4 Å². The Bertz CT molecular complexity index is 424. The van der Waals surface area contributed by atoms with Crippen LogP contribution in [0.3, 0.4) is 0 Å². The third-order valence-corrected chi connectivity index (χ3v) is 2.25. The molecule has 4 nitrogen and oxygen atoms in total. The minimum Gasteiger partial charge on any atom is -0.466 e. The van der Waals surface area contributed by atoms with Gasteiger partial charge in [0.25, 0.3) is 0 Å². The predicted molar refractivity (Wildman–Crippen MR) is 58.0 cm³/mol. The van der Waals surface area contributed by atoms with Crippen LogP contribution in [-0.4, -0.2) is 22.4 Å². The fourth-order valence-corrected chi connectivity index (χ4v) is 1.43. The molecule has 0 radical (unpaired) electrons. The largest absolute Gasteiger partial charge is 0.466 e. The molecule has 102 valence electrons. The Labute approximate surface area is 103 Å². The van der Waals surface area contributed by atoms with Crippen LogP contribution in [0.15, 0.2) is 6.20 Å². The smallest absolute Gasteiger partial charge is 0.435 e. The SMILES string of the molecule is CCOC(=O)Cc1cn(C(C)C)nc1C(F)(F)F. The van der Waals surface area contributed by atoms with E-state index in [2.05, 4.69) is 9.84 Å². The van der Waals surface area contributed by atoms with Crippen molar-refractivity contribution in [3.8, 4) is 0 Å². The lowest BCUT2D eigenvalue weighted by Crippen LogP contribution is -2.13. The molecular formula is C11H15F3N2O2. The highest BCUT2D eigenvalue weighted by atomic mass is 19.4.